The van der Waals surface area contributed by atoms with E-state index in [9.17, 15) is 9.59 Å². The van der Waals surface area contributed by atoms with Crippen LogP contribution in [0.5, 0.6) is 0 Å². The normalized spacial score (nSPS) is 24.4. The minimum absolute atomic E-state index is 0.0567. The van der Waals surface area contributed by atoms with Gasteiger partial charge in [0, 0.05) is 20.0 Å². The molecule has 15 heavy (non-hydrogen) atoms. The van der Waals surface area contributed by atoms with Gasteiger partial charge in [0.15, 0.2) is 0 Å². The maximum absolute atomic E-state index is 11.4. The van der Waals surface area contributed by atoms with Crippen molar-refractivity contribution in [1.29, 1.82) is 0 Å². The molecule has 0 saturated heterocycles. The molecule has 0 aliphatic heterocycles. The van der Waals surface area contributed by atoms with E-state index >= 15 is 0 Å². The molecule has 0 aromatic carbocycles. The molecule has 1 saturated carbocycles. The molecular formula is C10H17NO4. The van der Waals surface area contributed by atoms with Crippen molar-refractivity contribution in [3.63, 3.8) is 0 Å². The third-order valence-corrected chi connectivity index (χ3v) is 2.72. The molecular weight excluding hydrogens is 198 g/mol. The number of carboxylic acid groups (broad SMARTS) is 1. The monoisotopic (exact) mass is 215 g/mol. The fraction of sp³-hybridized carbons (Fsp3) is 0.800. The first-order valence-corrected chi connectivity index (χ1v) is 5.13. The van der Waals surface area contributed by atoms with Gasteiger partial charge in [-0.1, -0.05) is 0 Å². The van der Waals surface area contributed by atoms with Crippen molar-refractivity contribution >= 4 is 11.9 Å². The molecule has 0 radical (unpaired) electrons. The zero-order valence-electron chi connectivity index (χ0n) is 8.85. The Morgan fingerprint density at radius 3 is 2.40 bits per heavy atom. The lowest BCUT2D eigenvalue weighted by Gasteiger charge is -2.34. The largest absolute Gasteiger partial charge is 0.481 e. The van der Waals surface area contributed by atoms with Gasteiger partial charge in [-0.3, -0.25) is 9.59 Å². The van der Waals surface area contributed by atoms with Crippen LogP contribution in [0, 0.1) is 5.92 Å². The number of nitrogens with zero attached hydrogens (tertiary/aromatic N) is 1. The van der Waals surface area contributed by atoms with Gasteiger partial charge in [-0.2, -0.15) is 0 Å². The highest BCUT2D eigenvalue weighted by molar-refractivity contribution is 5.80. The van der Waals surface area contributed by atoms with Gasteiger partial charge in [-0.15, -0.1) is 0 Å². The number of rotatable bonds is 5. The van der Waals surface area contributed by atoms with Crippen LogP contribution in [0.4, 0.5) is 0 Å². The lowest BCUT2D eigenvalue weighted by atomic mass is 9.82. The number of carboxylic acids is 1. The van der Waals surface area contributed by atoms with Crippen molar-refractivity contribution in [2.24, 2.45) is 5.92 Å². The van der Waals surface area contributed by atoms with Crippen LogP contribution in [0.2, 0.25) is 0 Å². The number of carbonyl (C=O) groups is 2. The molecule has 1 aliphatic carbocycles. The molecule has 1 aliphatic rings. The summed E-state index contributed by atoms with van der Waals surface area (Å²) in [6.45, 7) is 0.621. The van der Waals surface area contributed by atoms with Crippen LogP contribution in [-0.4, -0.2) is 46.7 Å². The van der Waals surface area contributed by atoms with Crippen LogP contribution in [0.25, 0.3) is 0 Å². The summed E-state index contributed by atoms with van der Waals surface area (Å²) >= 11 is 0. The van der Waals surface area contributed by atoms with E-state index < -0.39 is 5.97 Å². The number of aliphatic hydroxyl groups excluding tert-OH is 1. The second kappa shape index (κ2) is 5.11. The molecule has 0 bridgehead atoms. The number of hydrogen-bond acceptors (Lipinski definition) is 3. The van der Waals surface area contributed by atoms with Gasteiger partial charge in [0.05, 0.1) is 12.5 Å². The highest BCUT2D eigenvalue weighted by Crippen LogP contribution is 2.27. The number of aliphatic hydroxyl groups is 1. The number of amides is 1. The van der Waals surface area contributed by atoms with Crippen LogP contribution in [0.3, 0.4) is 0 Å². The Labute approximate surface area is 88.7 Å². The third kappa shape index (κ3) is 3.87. The van der Waals surface area contributed by atoms with E-state index in [-0.39, 0.29) is 24.9 Å². The van der Waals surface area contributed by atoms with Gasteiger partial charge >= 0.3 is 5.97 Å². The number of aliphatic carboxylic acids is 1. The van der Waals surface area contributed by atoms with Crippen molar-refractivity contribution in [1.82, 2.24) is 4.90 Å². The summed E-state index contributed by atoms with van der Waals surface area (Å²) in [4.78, 5) is 23.2. The van der Waals surface area contributed by atoms with Gasteiger partial charge in [0.2, 0.25) is 5.91 Å². The fourth-order valence-electron chi connectivity index (χ4n) is 1.74. The SMILES string of the molecule is CN(CC1CC(O)C1)C(=O)CCC(=O)O. The molecule has 0 heterocycles. The molecule has 0 spiro atoms. The molecule has 86 valence electrons. The van der Waals surface area contributed by atoms with Crippen molar-refractivity contribution in [2.45, 2.75) is 31.8 Å². The van der Waals surface area contributed by atoms with Crippen LogP contribution in [-0.2, 0) is 9.59 Å². The predicted molar refractivity (Wildman–Crippen MR) is 53.2 cm³/mol. The molecule has 1 rings (SSSR count). The summed E-state index contributed by atoms with van der Waals surface area (Å²) in [5.41, 5.74) is 0. The Bertz CT molecular complexity index is 248. The molecule has 5 nitrogen and oxygen atoms in total. The summed E-state index contributed by atoms with van der Waals surface area (Å²) < 4.78 is 0. The molecule has 0 atom stereocenters. The highest BCUT2D eigenvalue weighted by Gasteiger charge is 2.28. The Kier molecular flexibility index (Phi) is 4.08. The lowest BCUT2D eigenvalue weighted by Crippen LogP contribution is -2.39. The Morgan fingerprint density at radius 2 is 1.93 bits per heavy atom. The first-order chi connectivity index (χ1) is 6.99. The average molecular weight is 215 g/mol. The van der Waals surface area contributed by atoms with E-state index in [0.717, 1.165) is 12.8 Å². The Morgan fingerprint density at radius 1 is 1.33 bits per heavy atom. The standard InChI is InChI=1S/C10H17NO4/c1-11(6-7-4-8(12)5-7)9(13)2-3-10(14)15/h7-8,12H,2-6H2,1H3,(H,14,15). The molecule has 0 aromatic heterocycles. The van der Waals surface area contributed by atoms with Crippen molar-refractivity contribution in [3.05, 3.63) is 0 Å². The van der Waals surface area contributed by atoms with Gasteiger partial charge in [-0.05, 0) is 18.8 Å². The maximum Gasteiger partial charge on any atom is 0.303 e. The quantitative estimate of drug-likeness (QED) is 0.681. The molecule has 0 unspecified atom stereocenters. The van der Waals surface area contributed by atoms with Crippen LogP contribution < -0.4 is 0 Å². The Hall–Kier alpha value is -1.10. The first-order valence-electron chi connectivity index (χ1n) is 5.13. The first kappa shape index (κ1) is 12.0. The van der Waals surface area contributed by atoms with E-state index in [1.807, 2.05) is 0 Å². The number of hydrogen-bond donors (Lipinski definition) is 2. The third-order valence-electron chi connectivity index (χ3n) is 2.72. The molecule has 1 fully saturated rings. The summed E-state index contributed by atoms with van der Waals surface area (Å²) in [6, 6.07) is 0. The minimum atomic E-state index is -0.948. The zero-order chi connectivity index (χ0) is 11.4. The average Bonchev–Trinajstić information content (AvgIpc) is 2.11. The minimum Gasteiger partial charge on any atom is -0.481 e. The van der Waals surface area contributed by atoms with Gasteiger partial charge < -0.3 is 15.1 Å². The van der Waals surface area contributed by atoms with Crippen molar-refractivity contribution in [3.8, 4) is 0 Å². The second-order valence-electron chi connectivity index (χ2n) is 4.16. The van der Waals surface area contributed by atoms with E-state index in [2.05, 4.69) is 0 Å². The zero-order valence-corrected chi connectivity index (χ0v) is 8.85. The van der Waals surface area contributed by atoms with E-state index in [1.165, 1.54) is 0 Å². The second-order valence-corrected chi connectivity index (χ2v) is 4.16. The summed E-state index contributed by atoms with van der Waals surface area (Å²) in [5, 5.41) is 17.5. The van der Waals surface area contributed by atoms with Gasteiger partial charge in [-0.25, -0.2) is 0 Å². The maximum atomic E-state index is 11.4. The van der Waals surface area contributed by atoms with E-state index in [4.69, 9.17) is 10.2 Å². The van der Waals surface area contributed by atoms with Crippen molar-refractivity contribution in [2.75, 3.05) is 13.6 Å². The molecule has 0 aromatic rings. The lowest BCUT2D eigenvalue weighted by molar-refractivity contribution is -0.140. The molecule has 5 heteroatoms. The van der Waals surface area contributed by atoms with Crippen LogP contribution >= 0.6 is 0 Å². The van der Waals surface area contributed by atoms with E-state index in [0.29, 0.717) is 12.5 Å². The summed E-state index contributed by atoms with van der Waals surface area (Å²) in [6.07, 6.45) is 1.22. The van der Waals surface area contributed by atoms with Crippen molar-refractivity contribution < 1.29 is 19.8 Å². The van der Waals surface area contributed by atoms with E-state index in [1.54, 1.807) is 11.9 Å². The van der Waals surface area contributed by atoms with Crippen LogP contribution in [0.15, 0.2) is 0 Å². The number of carbonyl (C=O) groups excluding carboxylic acids is 1. The topological polar surface area (TPSA) is 77.8 Å². The summed E-state index contributed by atoms with van der Waals surface area (Å²) in [5.74, 6) is -0.714. The van der Waals surface area contributed by atoms with Gasteiger partial charge in [0.25, 0.3) is 0 Å². The van der Waals surface area contributed by atoms with Gasteiger partial charge in [0.1, 0.15) is 0 Å². The summed E-state index contributed by atoms with van der Waals surface area (Å²) in [7, 11) is 1.68. The smallest absolute Gasteiger partial charge is 0.303 e. The fourth-order valence-corrected chi connectivity index (χ4v) is 1.74. The Balaban J connectivity index is 2.18. The predicted octanol–water partition coefficient (Wildman–Crippen LogP) is 0.0805. The highest BCUT2D eigenvalue weighted by atomic mass is 16.4. The molecule has 2 N–H and O–H groups in total. The van der Waals surface area contributed by atoms with Crippen LogP contribution in [0.1, 0.15) is 25.7 Å². The molecule has 1 amide bonds.